The van der Waals surface area contributed by atoms with Gasteiger partial charge >= 0.3 is 0 Å². The fraction of sp³-hybridized carbons (Fsp3) is 0.545. The lowest BCUT2D eigenvalue weighted by atomic mass is 9.99. The summed E-state index contributed by atoms with van der Waals surface area (Å²) in [4.78, 5) is 0. The summed E-state index contributed by atoms with van der Waals surface area (Å²) in [5.74, 6) is 1.40. The van der Waals surface area contributed by atoms with Gasteiger partial charge in [-0.3, -0.25) is 5.32 Å². The second-order valence-corrected chi connectivity index (χ2v) is 13.8. The van der Waals surface area contributed by atoms with Crippen molar-refractivity contribution in [1.82, 2.24) is 5.32 Å². The molecule has 2 aromatic rings. The molecule has 3 nitrogen and oxygen atoms in total. The van der Waals surface area contributed by atoms with Crippen LogP contribution in [0.4, 0.5) is 0 Å². The lowest BCUT2D eigenvalue weighted by molar-refractivity contribution is 0.202. The molecule has 0 fully saturated rings. The number of nitrogens with one attached hydrogen (secondary N) is 1. The van der Waals surface area contributed by atoms with Crippen molar-refractivity contribution in [3.05, 3.63) is 60.1 Å². The molecule has 2 rings (SSSR count). The third kappa shape index (κ3) is 5.32. The van der Waals surface area contributed by atoms with Gasteiger partial charge in [0.05, 0.1) is 12.3 Å². The molecule has 26 heavy (non-hydrogen) atoms. The van der Waals surface area contributed by atoms with E-state index in [0.717, 1.165) is 12.4 Å². The van der Waals surface area contributed by atoms with Crippen LogP contribution in [0, 0.1) is 5.92 Å². The highest BCUT2D eigenvalue weighted by atomic mass is 28.4. The van der Waals surface area contributed by atoms with E-state index in [-0.39, 0.29) is 17.1 Å². The summed E-state index contributed by atoms with van der Waals surface area (Å²) in [6.07, 6.45) is 1.74. The van der Waals surface area contributed by atoms with Crippen molar-refractivity contribution in [1.29, 1.82) is 0 Å². The van der Waals surface area contributed by atoms with Crippen LogP contribution in [0.3, 0.4) is 0 Å². The Hall–Kier alpha value is -1.36. The summed E-state index contributed by atoms with van der Waals surface area (Å²) < 4.78 is 12.3. The highest BCUT2D eigenvalue weighted by molar-refractivity contribution is 6.74. The zero-order valence-corrected chi connectivity index (χ0v) is 18.4. The molecular weight excluding hydrogens is 338 g/mol. The topological polar surface area (TPSA) is 34.4 Å². The lowest BCUT2D eigenvalue weighted by Gasteiger charge is -2.38. The smallest absolute Gasteiger partial charge is 0.192 e. The number of hydrogen-bond acceptors (Lipinski definition) is 3. The Morgan fingerprint density at radius 3 is 2.19 bits per heavy atom. The maximum absolute atomic E-state index is 6.52. The first kappa shape index (κ1) is 20.9. The second kappa shape index (κ2) is 8.55. The van der Waals surface area contributed by atoms with E-state index in [1.165, 1.54) is 5.56 Å². The van der Waals surface area contributed by atoms with Gasteiger partial charge in [0.1, 0.15) is 5.76 Å². The van der Waals surface area contributed by atoms with Gasteiger partial charge in [0.25, 0.3) is 0 Å². The minimum absolute atomic E-state index is 0.0293. The summed E-state index contributed by atoms with van der Waals surface area (Å²) in [7, 11) is -1.77. The van der Waals surface area contributed by atoms with Crippen LogP contribution in [0.2, 0.25) is 18.1 Å². The van der Waals surface area contributed by atoms with Gasteiger partial charge in [-0.05, 0) is 41.7 Å². The Morgan fingerprint density at radius 1 is 1.04 bits per heavy atom. The number of hydrogen-bond donors (Lipinski definition) is 1. The summed E-state index contributed by atoms with van der Waals surface area (Å²) in [5, 5.41) is 4.02. The van der Waals surface area contributed by atoms with Gasteiger partial charge in [0.15, 0.2) is 8.32 Å². The van der Waals surface area contributed by atoms with Gasteiger partial charge in [-0.1, -0.05) is 65.0 Å². The van der Waals surface area contributed by atoms with E-state index in [0.29, 0.717) is 5.92 Å². The van der Waals surface area contributed by atoms with Crippen LogP contribution in [-0.2, 0) is 4.43 Å². The van der Waals surface area contributed by atoms with Crippen LogP contribution in [-0.4, -0.2) is 21.0 Å². The molecule has 1 N–H and O–H groups in total. The van der Waals surface area contributed by atoms with Crippen LogP contribution in [0.25, 0.3) is 0 Å². The third-order valence-electron chi connectivity index (χ3n) is 5.58. The van der Waals surface area contributed by atoms with Crippen molar-refractivity contribution in [2.24, 2.45) is 5.92 Å². The van der Waals surface area contributed by atoms with Crippen molar-refractivity contribution >= 4 is 8.32 Å². The molecule has 4 heteroatoms. The van der Waals surface area contributed by atoms with Gasteiger partial charge in [0.2, 0.25) is 0 Å². The fourth-order valence-corrected chi connectivity index (χ4v) is 3.63. The molecule has 0 amide bonds. The third-order valence-corrected chi connectivity index (χ3v) is 10.1. The fourth-order valence-electron chi connectivity index (χ4n) is 2.61. The van der Waals surface area contributed by atoms with E-state index >= 15 is 0 Å². The van der Waals surface area contributed by atoms with Gasteiger partial charge in [0, 0.05) is 12.6 Å². The van der Waals surface area contributed by atoms with Crippen molar-refractivity contribution in [2.45, 2.75) is 64.8 Å². The SMILES string of the molecule is CC(C)[C@@H](CO[Si](C)(C)C(C)(C)C)N[C@H](c1ccccc1)c1ccco1. The van der Waals surface area contributed by atoms with Crippen molar-refractivity contribution in [3.63, 3.8) is 0 Å². The quantitative estimate of drug-likeness (QED) is 0.576. The van der Waals surface area contributed by atoms with Gasteiger partial charge < -0.3 is 8.84 Å². The minimum atomic E-state index is -1.77. The first-order valence-electron chi connectivity index (χ1n) is 9.60. The molecule has 1 heterocycles. The molecule has 0 aliphatic heterocycles. The van der Waals surface area contributed by atoms with Gasteiger partial charge in [-0.15, -0.1) is 0 Å². The molecule has 0 aliphatic carbocycles. The minimum Gasteiger partial charge on any atom is -0.467 e. The Balaban J connectivity index is 2.18. The molecule has 144 valence electrons. The van der Waals surface area contributed by atoms with Crippen LogP contribution in [0.1, 0.15) is 52.0 Å². The highest BCUT2D eigenvalue weighted by Crippen LogP contribution is 2.37. The Labute approximate surface area is 160 Å². The lowest BCUT2D eigenvalue weighted by Crippen LogP contribution is -2.47. The van der Waals surface area contributed by atoms with Gasteiger partial charge in [-0.2, -0.15) is 0 Å². The van der Waals surface area contributed by atoms with Crippen molar-refractivity contribution in [3.8, 4) is 0 Å². The first-order valence-corrected chi connectivity index (χ1v) is 12.5. The molecule has 0 saturated heterocycles. The molecule has 0 saturated carbocycles. The zero-order valence-electron chi connectivity index (χ0n) is 17.4. The summed E-state index contributed by atoms with van der Waals surface area (Å²) in [6.45, 7) is 16.7. The maximum Gasteiger partial charge on any atom is 0.192 e. The van der Waals surface area contributed by atoms with E-state index in [4.69, 9.17) is 8.84 Å². The van der Waals surface area contributed by atoms with E-state index in [1.807, 2.05) is 18.2 Å². The second-order valence-electron chi connectivity index (χ2n) is 8.95. The van der Waals surface area contributed by atoms with Crippen molar-refractivity contribution < 1.29 is 8.84 Å². The zero-order chi connectivity index (χ0) is 19.4. The normalized spacial score (nSPS) is 15.2. The Kier molecular flexibility index (Phi) is 6.89. The number of rotatable bonds is 8. The van der Waals surface area contributed by atoms with Crippen LogP contribution < -0.4 is 5.32 Å². The molecule has 1 aromatic heterocycles. The number of benzene rings is 1. The largest absolute Gasteiger partial charge is 0.467 e. The van der Waals surface area contributed by atoms with E-state index < -0.39 is 8.32 Å². The summed E-state index contributed by atoms with van der Waals surface area (Å²) in [6, 6.07) is 14.7. The van der Waals surface area contributed by atoms with Gasteiger partial charge in [-0.25, -0.2) is 0 Å². The summed E-state index contributed by atoms with van der Waals surface area (Å²) >= 11 is 0. The van der Waals surface area contributed by atoms with E-state index in [9.17, 15) is 0 Å². The standard InChI is InChI=1S/C22H35NO2Si/c1-17(2)19(16-25-26(6,7)22(3,4)5)23-21(20-14-11-15-24-20)18-12-9-8-10-13-18/h8-15,17,19,21,23H,16H2,1-7H3/t19-,21-/m1/s1. The molecule has 0 bridgehead atoms. The van der Waals surface area contributed by atoms with Crippen LogP contribution in [0.15, 0.2) is 53.1 Å². The Bertz CT molecular complexity index is 645. The summed E-state index contributed by atoms with van der Waals surface area (Å²) in [5.41, 5.74) is 1.21. The predicted molar refractivity (Wildman–Crippen MR) is 112 cm³/mol. The van der Waals surface area contributed by atoms with Crippen LogP contribution >= 0.6 is 0 Å². The predicted octanol–water partition coefficient (Wildman–Crippen LogP) is 6.01. The number of furan rings is 1. The van der Waals surface area contributed by atoms with Crippen LogP contribution in [0.5, 0.6) is 0 Å². The molecule has 0 unspecified atom stereocenters. The van der Waals surface area contributed by atoms with E-state index in [1.54, 1.807) is 6.26 Å². The molecule has 0 radical (unpaired) electrons. The average molecular weight is 374 g/mol. The maximum atomic E-state index is 6.52. The average Bonchev–Trinajstić information content (AvgIpc) is 3.08. The van der Waals surface area contributed by atoms with E-state index in [2.05, 4.69) is 77.3 Å². The monoisotopic (exact) mass is 373 g/mol. The Morgan fingerprint density at radius 2 is 1.69 bits per heavy atom. The molecule has 0 aliphatic rings. The highest BCUT2D eigenvalue weighted by Gasteiger charge is 2.38. The molecule has 2 atom stereocenters. The molecule has 1 aromatic carbocycles. The molecule has 0 spiro atoms. The molecular formula is C22H35NO2Si. The van der Waals surface area contributed by atoms with Crippen molar-refractivity contribution in [2.75, 3.05) is 6.61 Å². The first-order chi connectivity index (χ1) is 12.1.